The SMILES string of the molecule is c1cc(-n2c3ccccc3c3ccccc32)cc(-n2c3cc(-c4ccc(-c5ccc6c7ccccc7c7cccnc7c6n5)cc4)ccc3c3cc4c5ccccc5c5ccccc5c4cc32)c1. The van der Waals surface area contributed by atoms with Gasteiger partial charge in [-0.05, 0) is 121 Å². The van der Waals surface area contributed by atoms with Crippen LogP contribution in [0.3, 0.4) is 0 Å². The highest BCUT2D eigenvalue weighted by Gasteiger charge is 2.20. The van der Waals surface area contributed by atoms with Gasteiger partial charge in [0.2, 0.25) is 0 Å². The van der Waals surface area contributed by atoms with Crippen LogP contribution in [0.5, 0.6) is 0 Å². The van der Waals surface area contributed by atoms with Crippen molar-refractivity contribution in [3.05, 3.63) is 231 Å². The lowest BCUT2D eigenvalue weighted by Gasteiger charge is -2.14. The Labute approximate surface area is 390 Å². The van der Waals surface area contributed by atoms with E-state index < -0.39 is 0 Å². The molecule has 11 aromatic carbocycles. The molecule has 0 aliphatic heterocycles. The van der Waals surface area contributed by atoms with Gasteiger partial charge in [0.05, 0.1) is 38.8 Å². The molecule has 0 atom stereocenters. The fraction of sp³-hybridized carbons (Fsp3) is 0. The first-order valence-electron chi connectivity index (χ1n) is 23.3. The van der Waals surface area contributed by atoms with Crippen molar-refractivity contribution in [1.29, 1.82) is 0 Å². The van der Waals surface area contributed by atoms with Gasteiger partial charge in [0, 0.05) is 55.5 Å². The van der Waals surface area contributed by atoms with Gasteiger partial charge in [0.1, 0.15) is 0 Å². The predicted molar refractivity (Wildman–Crippen MR) is 287 cm³/mol. The average Bonchev–Trinajstić information content (AvgIpc) is 3.92. The number of para-hydroxylation sites is 2. The minimum absolute atomic E-state index is 0.926. The van der Waals surface area contributed by atoms with Crippen LogP contribution in [0.2, 0.25) is 0 Å². The summed E-state index contributed by atoms with van der Waals surface area (Å²) < 4.78 is 4.90. The Hall–Kier alpha value is -9.12. The summed E-state index contributed by atoms with van der Waals surface area (Å²) in [6.07, 6.45) is 1.87. The minimum Gasteiger partial charge on any atom is -0.309 e. The van der Waals surface area contributed by atoms with Crippen LogP contribution < -0.4 is 0 Å². The number of fused-ring (bicyclic) bond motifs is 18. The number of hydrogen-bond donors (Lipinski definition) is 0. The molecule has 4 heterocycles. The maximum Gasteiger partial charge on any atom is 0.0978 e. The van der Waals surface area contributed by atoms with Crippen LogP contribution in [-0.4, -0.2) is 19.1 Å². The van der Waals surface area contributed by atoms with Crippen molar-refractivity contribution in [1.82, 2.24) is 19.1 Å². The molecule has 0 fully saturated rings. The van der Waals surface area contributed by atoms with E-state index in [9.17, 15) is 0 Å². The zero-order valence-electron chi connectivity index (χ0n) is 36.7. The monoisotopic (exact) mass is 862 g/mol. The molecular weight excluding hydrogens is 825 g/mol. The lowest BCUT2D eigenvalue weighted by atomic mass is 9.93. The van der Waals surface area contributed by atoms with E-state index in [2.05, 4.69) is 228 Å². The Balaban J connectivity index is 0.936. The summed E-state index contributed by atoms with van der Waals surface area (Å²) in [5.74, 6) is 0. The number of pyridine rings is 2. The van der Waals surface area contributed by atoms with E-state index in [0.29, 0.717) is 0 Å². The van der Waals surface area contributed by atoms with Crippen molar-refractivity contribution in [2.75, 3.05) is 0 Å². The average molecular weight is 863 g/mol. The van der Waals surface area contributed by atoms with Crippen LogP contribution in [0.4, 0.5) is 0 Å². The van der Waals surface area contributed by atoms with Gasteiger partial charge in [-0.15, -0.1) is 0 Å². The van der Waals surface area contributed by atoms with Crippen LogP contribution >= 0.6 is 0 Å². The van der Waals surface area contributed by atoms with E-state index in [1.807, 2.05) is 12.3 Å². The summed E-state index contributed by atoms with van der Waals surface area (Å²) in [5.41, 5.74) is 13.1. The molecule has 0 amide bonds. The zero-order valence-corrected chi connectivity index (χ0v) is 36.7. The summed E-state index contributed by atoms with van der Waals surface area (Å²) in [6, 6.07) is 82.1. The van der Waals surface area contributed by atoms with Crippen LogP contribution in [0, 0.1) is 0 Å². The molecule has 4 heteroatoms. The molecule has 15 rings (SSSR count). The normalized spacial score (nSPS) is 12.1. The quantitative estimate of drug-likeness (QED) is 0.165. The highest BCUT2D eigenvalue weighted by atomic mass is 15.0. The molecule has 0 radical (unpaired) electrons. The van der Waals surface area contributed by atoms with E-state index in [1.54, 1.807) is 0 Å². The maximum atomic E-state index is 5.29. The van der Waals surface area contributed by atoms with Gasteiger partial charge in [0.15, 0.2) is 0 Å². The Kier molecular flexibility index (Phi) is 7.75. The lowest BCUT2D eigenvalue weighted by molar-refractivity contribution is 1.13. The summed E-state index contributed by atoms with van der Waals surface area (Å²) in [4.78, 5) is 10.1. The lowest BCUT2D eigenvalue weighted by Crippen LogP contribution is -1.98. The second-order valence-corrected chi connectivity index (χ2v) is 18.1. The van der Waals surface area contributed by atoms with E-state index >= 15 is 0 Å². The van der Waals surface area contributed by atoms with E-state index in [0.717, 1.165) is 61.1 Å². The van der Waals surface area contributed by atoms with Crippen molar-refractivity contribution < 1.29 is 0 Å². The van der Waals surface area contributed by atoms with Gasteiger partial charge >= 0.3 is 0 Å². The summed E-state index contributed by atoms with van der Waals surface area (Å²) in [7, 11) is 0. The van der Waals surface area contributed by atoms with Gasteiger partial charge in [-0.3, -0.25) is 4.98 Å². The van der Waals surface area contributed by atoms with E-state index in [1.165, 1.54) is 81.2 Å². The van der Waals surface area contributed by atoms with E-state index in [4.69, 9.17) is 9.97 Å². The van der Waals surface area contributed by atoms with Crippen molar-refractivity contribution in [3.8, 4) is 33.8 Å². The van der Waals surface area contributed by atoms with Crippen molar-refractivity contribution in [3.63, 3.8) is 0 Å². The van der Waals surface area contributed by atoms with Crippen LogP contribution in [0.15, 0.2) is 231 Å². The molecule has 314 valence electrons. The first-order chi connectivity index (χ1) is 33.7. The number of aromatic nitrogens is 4. The molecule has 0 N–H and O–H groups in total. The molecule has 4 aromatic heterocycles. The Morgan fingerprint density at radius 1 is 0.250 bits per heavy atom. The summed E-state index contributed by atoms with van der Waals surface area (Å²) in [5, 5.41) is 17.2. The zero-order chi connectivity index (χ0) is 44.5. The number of nitrogens with zero attached hydrogens (tertiary/aromatic N) is 4. The topological polar surface area (TPSA) is 35.6 Å². The fourth-order valence-corrected chi connectivity index (χ4v) is 11.5. The van der Waals surface area contributed by atoms with Gasteiger partial charge in [-0.25, -0.2) is 4.98 Å². The molecule has 0 bridgehead atoms. The predicted octanol–water partition coefficient (Wildman–Crippen LogP) is 16.9. The summed E-state index contributed by atoms with van der Waals surface area (Å²) >= 11 is 0. The largest absolute Gasteiger partial charge is 0.309 e. The smallest absolute Gasteiger partial charge is 0.0978 e. The van der Waals surface area contributed by atoms with Gasteiger partial charge < -0.3 is 9.13 Å². The van der Waals surface area contributed by atoms with Crippen molar-refractivity contribution in [2.24, 2.45) is 0 Å². The molecular formula is C64H38N4. The Morgan fingerprint density at radius 3 is 1.35 bits per heavy atom. The molecule has 0 saturated heterocycles. The van der Waals surface area contributed by atoms with Gasteiger partial charge in [-0.1, -0.05) is 158 Å². The third-order valence-electron chi connectivity index (χ3n) is 14.5. The first kappa shape index (κ1) is 37.1. The number of rotatable bonds is 4. The third-order valence-corrected chi connectivity index (χ3v) is 14.5. The van der Waals surface area contributed by atoms with Gasteiger partial charge in [-0.2, -0.15) is 0 Å². The Bertz CT molecular complexity index is 4520. The summed E-state index contributed by atoms with van der Waals surface area (Å²) in [6.45, 7) is 0. The first-order valence-corrected chi connectivity index (χ1v) is 23.3. The number of benzene rings is 11. The molecule has 0 aliphatic carbocycles. The molecule has 0 saturated carbocycles. The Morgan fingerprint density at radius 2 is 0.706 bits per heavy atom. The molecule has 0 spiro atoms. The molecule has 4 nitrogen and oxygen atoms in total. The third kappa shape index (κ3) is 5.31. The maximum absolute atomic E-state index is 5.29. The van der Waals surface area contributed by atoms with Gasteiger partial charge in [0.25, 0.3) is 0 Å². The fourth-order valence-electron chi connectivity index (χ4n) is 11.5. The van der Waals surface area contributed by atoms with E-state index in [-0.39, 0.29) is 0 Å². The second-order valence-electron chi connectivity index (χ2n) is 18.1. The standard InChI is InChI=1S/C64H38N4/c1-5-19-48-44(15-1)45-16-2-6-20-49(45)56-38-62-57(37-55(48)56)52-31-30-41(35-61(52)68(62)43-14-11-13-42(36-43)67-59-24-9-7-21-50(59)51-22-8-10-25-60(51)67)39-26-28-40(29-27-39)58-33-32-54-47-18-4-3-17-46(47)53-23-12-34-65-63(53)64(54)66-58/h1-38H. The molecule has 68 heavy (non-hydrogen) atoms. The molecule has 0 unspecified atom stereocenters. The van der Waals surface area contributed by atoms with Crippen LogP contribution in [0.25, 0.3) is 142 Å². The highest BCUT2D eigenvalue weighted by Crippen LogP contribution is 2.43. The molecule has 15 aromatic rings. The van der Waals surface area contributed by atoms with Crippen molar-refractivity contribution in [2.45, 2.75) is 0 Å². The molecule has 0 aliphatic rings. The van der Waals surface area contributed by atoms with Crippen LogP contribution in [0.1, 0.15) is 0 Å². The second kappa shape index (κ2) is 14.2. The van der Waals surface area contributed by atoms with Crippen LogP contribution in [-0.2, 0) is 0 Å². The number of hydrogen-bond acceptors (Lipinski definition) is 2. The van der Waals surface area contributed by atoms with Crippen molar-refractivity contribution >= 4 is 109 Å². The minimum atomic E-state index is 0.926. The highest BCUT2D eigenvalue weighted by molar-refractivity contribution is 6.29.